The zero-order valence-electron chi connectivity index (χ0n) is 13.5. The van der Waals surface area contributed by atoms with Crippen LogP contribution in [0, 0.1) is 0 Å². The Morgan fingerprint density at radius 2 is 1.67 bits per heavy atom. The Morgan fingerprint density at radius 1 is 1.04 bits per heavy atom. The number of nitrogens with zero attached hydrogens (tertiary/aromatic N) is 1. The molecule has 0 aliphatic carbocycles. The molecular formula is C16H19Cl4NO3. The molecule has 24 heavy (non-hydrogen) atoms. The molecular weight excluding hydrogens is 396 g/mol. The normalized spacial score (nSPS) is 10.1. The van der Waals surface area contributed by atoms with Gasteiger partial charge in [-0.1, -0.05) is 51.6 Å². The van der Waals surface area contributed by atoms with Crippen molar-refractivity contribution in [3.05, 3.63) is 32.7 Å². The molecule has 0 radical (unpaired) electrons. The SMILES string of the molecule is CC(C)=NOCCCCOc1c(Cl)cc(OCC=C(Cl)Cl)cc1Cl. The molecule has 0 saturated heterocycles. The maximum atomic E-state index is 6.17. The number of oxime groups is 1. The molecule has 0 aromatic heterocycles. The van der Waals surface area contributed by atoms with Gasteiger partial charge >= 0.3 is 0 Å². The Bertz CT molecular complexity index is 560. The fraction of sp³-hybridized carbons (Fsp3) is 0.438. The van der Waals surface area contributed by atoms with Crippen LogP contribution in [0.2, 0.25) is 10.0 Å². The first kappa shape index (κ1) is 21.2. The Morgan fingerprint density at radius 3 is 2.25 bits per heavy atom. The topological polar surface area (TPSA) is 40.0 Å². The molecule has 0 saturated carbocycles. The molecule has 134 valence electrons. The molecule has 1 aromatic rings. The smallest absolute Gasteiger partial charge is 0.156 e. The van der Waals surface area contributed by atoms with Gasteiger partial charge in [-0.05, 0) is 32.8 Å². The second kappa shape index (κ2) is 11.7. The van der Waals surface area contributed by atoms with E-state index in [1.165, 1.54) is 6.08 Å². The van der Waals surface area contributed by atoms with Crippen molar-refractivity contribution in [1.29, 1.82) is 0 Å². The first-order valence-corrected chi connectivity index (χ1v) is 8.80. The van der Waals surface area contributed by atoms with Crippen LogP contribution in [0.15, 0.2) is 27.9 Å². The lowest BCUT2D eigenvalue weighted by atomic mass is 10.3. The highest BCUT2D eigenvalue weighted by molar-refractivity contribution is 6.55. The van der Waals surface area contributed by atoms with Gasteiger partial charge in [-0.3, -0.25) is 0 Å². The number of rotatable bonds is 10. The summed E-state index contributed by atoms with van der Waals surface area (Å²) in [6.45, 7) is 4.98. The van der Waals surface area contributed by atoms with Crippen molar-refractivity contribution >= 4 is 52.1 Å². The third kappa shape index (κ3) is 8.88. The molecule has 8 heteroatoms. The van der Waals surface area contributed by atoms with Gasteiger partial charge in [0, 0.05) is 12.1 Å². The van der Waals surface area contributed by atoms with Gasteiger partial charge in [0.25, 0.3) is 0 Å². The van der Waals surface area contributed by atoms with Gasteiger partial charge in [-0.25, -0.2) is 0 Å². The van der Waals surface area contributed by atoms with Crippen LogP contribution in [0.5, 0.6) is 11.5 Å². The van der Waals surface area contributed by atoms with Crippen LogP contribution in [-0.2, 0) is 4.84 Å². The third-order valence-corrected chi connectivity index (χ3v) is 3.45. The molecule has 0 fully saturated rings. The fourth-order valence-electron chi connectivity index (χ4n) is 1.58. The summed E-state index contributed by atoms with van der Waals surface area (Å²) in [7, 11) is 0. The van der Waals surface area contributed by atoms with Gasteiger partial charge in [0.05, 0.1) is 22.4 Å². The third-order valence-electron chi connectivity index (χ3n) is 2.58. The zero-order chi connectivity index (χ0) is 17.9. The Kier molecular flexibility index (Phi) is 10.3. The quantitative estimate of drug-likeness (QED) is 0.257. The minimum absolute atomic E-state index is 0.135. The highest BCUT2D eigenvalue weighted by Gasteiger charge is 2.10. The molecule has 0 N–H and O–H groups in total. The minimum Gasteiger partial charge on any atom is -0.490 e. The van der Waals surface area contributed by atoms with Crippen LogP contribution in [0.25, 0.3) is 0 Å². The zero-order valence-corrected chi connectivity index (χ0v) is 16.5. The van der Waals surface area contributed by atoms with Gasteiger partial charge in [0.2, 0.25) is 0 Å². The van der Waals surface area contributed by atoms with E-state index < -0.39 is 0 Å². The molecule has 1 rings (SSSR count). The first-order chi connectivity index (χ1) is 11.4. The van der Waals surface area contributed by atoms with Crippen LogP contribution in [0.3, 0.4) is 0 Å². The predicted molar refractivity (Wildman–Crippen MR) is 101 cm³/mol. The Balaban J connectivity index is 2.43. The van der Waals surface area contributed by atoms with Crippen molar-refractivity contribution in [2.75, 3.05) is 19.8 Å². The lowest BCUT2D eigenvalue weighted by molar-refractivity contribution is 0.135. The molecule has 0 bridgehead atoms. The van der Waals surface area contributed by atoms with E-state index in [0.717, 1.165) is 18.6 Å². The summed E-state index contributed by atoms with van der Waals surface area (Å²) in [6.07, 6.45) is 3.13. The van der Waals surface area contributed by atoms with E-state index in [2.05, 4.69) is 5.16 Å². The summed E-state index contributed by atoms with van der Waals surface area (Å²) in [5.41, 5.74) is 0.885. The van der Waals surface area contributed by atoms with E-state index in [1.807, 2.05) is 13.8 Å². The lowest BCUT2D eigenvalue weighted by Gasteiger charge is -2.12. The predicted octanol–water partition coefficient (Wildman–Crippen LogP) is 6.26. The van der Waals surface area contributed by atoms with E-state index in [4.69, 9.17) is 60.7 Å². The van der Waals surface area contributed by atoms with Crippen LogP contribution in [0.1, 0.15) is 26.7 Å². The Hall–Kier alpha value is -0.810. The van der Waals surface area contributed by atoms with Crippen LogP contribution < -0.4 is 9.47 Å². The molecule has 1 aromatic carbocycles. The molecule has 4 nitrogen and oxygen atoms in total. The van der Waals surface area contributed by atoms with Gasteiger partial charge in [-0.2, -0.15) is 0 Å². The molecule has 0 amide bonds. The summed E-state index contributed by atoms with van der Waals surface area (Å²) >= 11 is 23.4. The van der Waals surface area contributed by atoms with E-state index in [-0.39, 0.29) is 11.1 Å². The van der Waals surface area contributed by atoms with Crippen molar-refractivity contribution in [1.82, 2.24) is 0 Å². The standard InChI is InChI=1S/C16H19Cl4NO3/c1-11(2)21-24-7-4-3-6-23-16-13(17)9-12(10-14(16)18)22-8-5-15(19)20/h5,9-10H,3-4,6-8H2,1-2H3. The van der Waals surface area contributed by atoms with E-state index in [1.54, 1.807) is 12.1 Å². The van der Waals surface area contributed by atoms with E-state index >= 15 is 0 Å². The maximum absolute atomic E-state index is 6.17. The number of ether oxygens (including phenoxy) is 2. The number of unbranched alkanes of at least 4 members (excludes halogenated alkanes) is 1. The minimum atomic E-state index is 0.135. The average molecular weight is 415 g/mol. The monoisotopic (exact) mass is 413 g/mol. The van der Waals surface area contributed by atoms with Crippen molar-refractivity contribution < 1.29 is 14.3 Å². The van der Waals surface area contributed by atoms with Gasteiger partial charge in [0.1, 0.15) is 23.5 Å². The second-order valence-electron chi connectivity index (χ2n) is 4.95. The lowest BCUT2D eigenvalue weighted by Crippen LogP contribution is -2.01. The number of halogens is 4. The largest absolute Gasteiger partial charge is 0.490 e. The number of hydrogen-bond acceptors (Lipinski definition) is 4. The molecule has 0 atom stereocenters. The van der Waals surface area contributed by atoms with E-state index in [9.17, 15) is 0 Å². The maximum Gasteiger partial charge on any atom is 0.156 e. The van der Waals surface area contributed by atoms with Gasteiger partial charge in [-0.15, -0.1) is 0 Å². The molecule has 0 heterocycles. The summed E-state index contributed by atoms with van der Waals surface area (Å²) in [5.74, 6) is 0.935. The highest BCUT2D eigenvalue weighted by atomic mass is 35.5. The molecule has 0 spiro atoms. The summed E-state index contributed by atoms with van der Waals surface area (Å²) in [6, 6.07) is 3.25. The number of hydrogen-bond donors (Lipinski definition) is 0. The van der Waals surface area contributed by atoms with Crippen LogP contribution in [0.4, 0.5) is 0 Å². The van der Waals surface area contributed by atoms with Crippen molar-refractivity contribution in [3.63, 3.8) is 0 Å². The van der Waals surface area contributed by atoms with E-state index in [0.29, 0.717) is 34.8 Å². The molecule has 0 unspecified atom stereocenters. The Labute approximate surface area is 162 Å². The fourth-order valence-corrected chi connectivity index (χ4v) is 2.28. The molecule has 0 aliphatic rings. The highest BCUT2D eigenvalue weighted by Crippen LogP contribution is 2.37. The van der Waals surface area contributed by atoms with Crippen molar-refractivity contribution in [2.24, 2.45) is 5.16 Å². The first-order valence-electron chi connectivity index (χ1n) is 7.29. The average Bonchev–Trinajstić information content (AvgIpc) is 2.47. The van der Waals surface area contributed by atoms with Gasteiger partial charge in [0.15, 0.2) is 5.75 Å². The van der Waals surface area contributed by atoms with Crippen molar-refractivity contribution in [2.45, 2.75) is 26.7 Å². The van der Waals surface area contributed by atoms with Gasteiger partial charge < -0.3 is 14.3 Å². The molecule has 0 aliphatic heterocycles. The number of benzene rings is 1. The van der Waals surface area contributed by atoms with Crippen LogP contribution in [-0.4, -0.2) is 25.5 Å². The second-order valence-corrected chi connectivity index (χ2v) is 6.77. The van der Waals surface area contributed by atoms with Crippen molar-refractivity contribution in [3.8, 4) is 11.5 Å². The summed E-state index contributed by atoms with van der Waals surface area (Å²) in [4.78, 5) is 5.11. The summed E-state index contributed by atoms with van der Waals surface area (Å²) in [5, 5.41) is 4.60. The van der Waals surface area contributed by atoms with Crippen LogP contribution >= 0.6 is 46.4 Å². The summed E-state index contributed by atoms with van der Waals surface area (Å²) < 4.78 is 11.2.